The van der Waals surface area contributed by atoms with Crippen molar-refractivity contribution in [3.63, 3.8) is 0 Å². The highest BCUT2D eigenvalue weighted by Gasteiger charge is 2.29. The molecule has 0 radical (unpaired) electrons. The molecule has 2 atom stereocenters. The molecule has 1 aliphatic rings. The van der Waals surface area contributed by atoms with E-state index in [0.717, 1.165) is 30.5 Å². The monoisotopic (exact) mass is 293 g/mol. The Morgan fingerprint density at radius 2 is 2.10 bits per heavy atom. The number of sulfone groups is 1. The van der Waals surface area contributed by atoms with Crippen molar-refractivity contribution < 1.29 is 8.42 Å². The van der Waals surface area contributed by atoms with Crippen LogP contribution in [-0.4, -0.2) is 37.3 Å². The zero-order valence-electron chi connectivity index (χ0n) is 11.7. The van der Waals surface area contributed by atoms with Crippen LogP contribution in [0.4, 0.5) is 0 Å². The zero-order chi connectivity index (χ0) is 14.3. The highest BCUT2D eigenvalue weighted by Crippen LogP contribution is 2.31. The maximum atomic E-state index is 12.1. The highest BCUT2D eigenvalue weighted by molar-refractivity contribution is 7.90. The summed E-state index contributed by atoms with van der Waals surface area (Å²) in [7, 11) is -3.34. The van der Waals surface area contributed by atoms with E-state index >= 15 is 0 Å². The second kappa shape index (κ2) is 4.86. The predicted octanol–water partition coefficient (Wildman–Crippen LogP) is 1.61. The van der Waals surface area contributed by atoms with Crippen molar-refractivity contribution >= 4 is 20.9 Å². The quantitative estimate of drug-likeness (QED) is 0.913. The Morgan fingerprint density at radius 1 is 1.35 bits per heavy atom. The molecule has 1 aromatic heterocycles. The van der Waals surface area contributed by atoms with Crippen molar-refractivity contribution in [1.82, 2.24) is 14.9 Å². The van der Waals surface area contributed by atoms with E-state index < -0.39 is 9.84 Å². The number of imidazole rings is 1. The number of nitrogens with one attached hydrogen (secondary N) is 1. The van der Waals surface area contributed by atoms with Crippen LogP contribution in [0.5, 0.6) is 0 Å². The number of nitrogens with zero attached hydrogens (tertiary/aromatic N) is 2. The first-order chi connectivity index (χ1) is 9.48. The van der Waals surface area contributed by atoms with Crippen LogP contribution in [0.1, 0.15) is 19.4 Å². The molecule has 1 aliphatic heterocycles. The lowest BCUT2D eigenvalue weighted by molar-refractivity contribution is 0.265. The number of aromatic nitrogens is 2. The summed E-state index contributed by atoms with van der Waals surface area (Å²) in [6, 6.07) is 7.81. The minimum Gasteiger partial charge on any atom is -0.316 e. The topological polar surface area (TPSA) is 64.0 Å². The fourth-order valence-electron chi connectivity index (χ4n) is 2.99. The maximum Gasteiger partial charge on any atom is 0.228 e. The Balaban J connectivity index is 2.26. The van der Waals surface area contributed by atoms with Crippen molar-refractivity contribution in [1.29, 1.82) is 0 Å². The van der Waals surface area contributed by atoms with E-state index in [0.29, 0.717) is 5.92 Å². The molecule has 1 aromatic carbocycles. The molecular formula is C14H19N3O2S. The number of hydrogen-bond acceptors (Lipinski definition) is 4. The number of benzene rings is 1. The fourth-order valence-corrected chi connectivity index (χ4v) is 3.84. The molecule has 0 bridgehead atoms. The van der Waals surface area contributed by atoms with Crippen molar-refractivity contribution in [3.05, 3.63) is 24.3 Å². The number of fused-ring (bicyclic) bond motifs is 1. The van der Waals surface area contributed by atoms with Gasteiger partial charge in [-0.1, -0.05) is 19.1 Å². The molecule has 0 saturated carbocycles. The molecule has 0 unspecified atom stereocenters. The predicted molar refractivity (Wildman–Crippen MR) is 78.5 cm³/mol. The van der Waals surface area contributed by atoms with Crippen LogP contribution in [0, 0.1) is 5.92 Å². The van der Waals surface area contributed by atoms with Gasteiger partial charge in [0.05, 0.1) is 11.0 Å². The van der Waals surface area contributed by atoms with Crippen LogP contribution in [-0.2, 0) is 9.84 Å². The molecule has 1 N–H and O–H groups in total. The van der Waals surface area contributed by atoms with Crippen molar-refractivity contribution in [2.24, 2.45) is 5.92 Å². The summed E-state index contributed by atoms with van der Waals surface area (Å²) in [6.07, 6.45) is 2.15. The van der Waals surface area contributed by atoms with Gasteiger partial charge in [0.2, 0.25) is 15.0 Å². The molecule has 2 heterocycles. The third-order valence-electron chi connectivity index (χ3n) is 3.97. The van der Waals surface area contributed by atoms with E-state index in [-0.39, 0.29) is 11.2 Å². The Kier molecular flexibility index (Phi) is 3.30. The van der Waals surface area contributed by atoms with Gasteiger partial charge in [0, 0.05) is 12.3 Å². The van der Waals surface area contributed by atoms with Crippen LogP contribution in [0.3, 0.4) is 0 Å². The normalized spacial score (nSPS) is 24.1. The van der Waals surface area contributed by atoms with Crippen LogP contribution in [0.25, 0.3) is 11.0 Å². The van der Waals surface area contributed by atoms with Crippen LogP contribution in [0.2, 0.25) is 0 Å². The molecule has 0 aliphatic carbocycles. The average molecular weight is 293 g/mol. The standard InChI is InChI=1S/C14H19N3O2S/c1-10-9-15-8-7-12(10)17-13-6-4-3-5-11(13)16-14(17)20(2,18)19/h3-6,10,12,15H,7-9H2,1-2H3/t10-,12-/m0/s1. The third-order valence-corrected chi connectivity index (χ3v) is 4.92. The minimum absolute atomic E-state index is 0.174. The maximum absolute atomic E-state index is 12.1. The van der Waals surface area contributed by atoms with Gasteiger partial charge < -0.3 is 9.88 Å². The first-order valence-corrected chi connectivity index (χ1v) is 8.75. The van der Waals surface area contributed by atoms with E-state index in [2.05, 4.69) is 17.2 Å². The van der Waals surface area contributed by atoms with E-state index in [4.69, 9.17) is 0 Å². The van der Waals surface area contributed by atoms with Gasteiger partial charge in [0.25, 0.3) is 0 Å². The number of para-hydroxylation sites is 2. The number of rotatable bonds is 2. The summed E-state index contributed by atoms with van der Waals surface area (Å²) < 4.78 is 26.1. The summed E-state index contributed by atoms with van der Waals surface area (Å²) >= 11 is 0. The second-order valence-corrected chi connectivity index (χ2v) is 7.47. The molecule has 0 amide bonds. The average Bonchev–Trinajstić information content (AvgIpc) is 2.79. The number of hydrogen-bond donors (Lipinski definition) is 1. The van der Waals surface area contributed by atoms with Gasteiger partial charge in [-0.3, -0.25) is 0 Å². The Bertz CT molecular complexity index is 736. The molecule has 20 heavy (non-hydrogen) atoms. The first kappa shape index (κ1) is 13.6. The van der Waals surface area contributed by atoms with E-state index in [9.17, 15) is 8.42 Å². The molecule has 2 aromatic rings. The van der Waals surface area contributed by atoms with Crippen molar-refractivity contribution in [2.45, 2.75) is 24.5 Å². The van der Waals surface area contributed by atoms with E-state index in [1.54, 1.807) is 0 Å². The molecule has 1 saturated heterocycles. The summed E-state index contributed by atoms with van der Waals surface area (Å²) in [5.74, 6) is 0.377. The van der Waals surface area contributed by atoms with Crippen LogP contribution >= 0.6 is 0 Å². The summed E-state index contributed by atoms with van der Waals surface area (Å²) in [6.45, 7) is 3.96. The Labute approximate surface area is 118 Å². The highest BCUT2D eigenvalue weighted by atomic mass is 32.2. The third kappa shape index (κ3) is 2.23. The van der Waals surface area contributed by atoms with Gasteiger partial charge in [0.1, 0.15) is 0 Å². The number of piperidine rings is 1. The van der Waals surface area contributed by atoms with Gasteiger partial charge in [-0.2, -0.15) is 0 Å². The van der Waals surface area contributed by atoms with Gasteiger partial charge in [-0.05, 0) is 37.6 Å². The molecule has 3 rings (SSSR count). The zero-order valence-corrected chi connectivity index (χ0v) is 12.5. The molecule has 6 heteroatoms. The second-order valence-electron chi connectivity index (χ2n) is 5.56. The fraction of sp³-hybridized carbons (Fsp3) is 0.500. The molecule has 108 valence electrons. The van der Waals surface area contributed by atoms with Gasteiger partial charge >= 0.3 is 0 Å². The van der Waals surface area contributed by atoms with Gasteiger partial charge in [0.15, 0.2) is 0 Å². The lowest BCUT2D eigenvalue weighted by Gasteiger charge is -2.31. The Hall–Kier alpha value is -1.40. The molecule has 0 spiro atoms. The lowest BCUT2D eigenvalue weighted by Crippen LogP contribution is -2.37. The molecule has 5 nitrogen and oxygen atoms in total. The van der Waals surface area contributed by atoms with Crippen LogP contribution in [0.15, 0.2) is 29.4 Å². The van der Waals surface area contributed by atoms with E-state index in [1.807, 2.05) is 28.8 Å². The summed E-state index contributed by atoms with van der Waals surface area (Å²) in [5.41, 5.74) is 1.66. The van der Waals surface area contributed by atoms with Crippen molar-refractivity contribution in [3.8, 4) is 0 Å². The largest absolute Gasteiger partial charge is 0.316 e. The minimum atomic E-state index is -3.34. The Morgan fingerprint density at radius 3 is 2.80 bits per heavy atom. The first-order valence-electron chi connectivity index (χ1n) is 6.86. The SMILES string of the molecule is C[C@H]1CNCC[C@@H]1n1c(S(C)(=O)=O)nc2ccccc21. The summed E-state index contributed by atoms with van der Waals surface area (Å²) in [4.78, 5) is 4.35. The van der Waals surface area contributed by atoms with E-state index in [1.165, 1.54) is 6.26 Å². The molecular weight excluding hydrogens is 274 g/mol. The summed E-state index contributed by atoms with van der Waals surface area (Å²) in [5, 5.41) is 3.54. The van der Waals surface area contributed by atoms with Gasteiger partial charge in [-0.15, -0.1) is 0 Å². The van der Waals surface area contributed by atoms with Crippen molar-refractivity contribution in [2.75, 3.05) is 19.3 Å². The van der Waals surface area contributed by atoms with Gasteiger partial charge in [-0.25, -0.2) is 13.4 Å². The van der Waals surface area contributed by atoms with Crippen LogP contribution < -0.4 is 5.32 Å². The molecule has 1 fully saturated rings. The lowest BCUT2D eigenvalue weighted by atomic mass is 9.95. The smallest absolute Gasteiger partial charge is 0.228 e.